The predicted octanol–water partition coefficient (Wildman–Crippen LogP) is 2.80. The van der Waals surface area contributed by atoms with Crippen molar-refractivity contribution in [1.29, 1.82) is 0 Å². The number of rotatable bonds is 6. The van der Waals surface area contributed by atoms with E-state index in [1.54, 1.807) is 30.1 Å². The zero-order valence-corrected chi connectivity index (χ0v) is 16.8. The summed E-state index contributed by atoms with van der Waals surface area (Å²) in [5.41, 5.74) is 8.46. The second-order valence-corrected chi connectivity index (χ2v) is 7.93. The molecular weight excluding hydrogens is 366 g/mol. The van der Waals surface area contributed by atoms with Gasteiger partial charge in [-0.2, -0.15) is 5.10 Å². The van der Waals surface area contributed by atoms with Crippen LogP contribution in [0, 0.1) is 5.92 Å². The van der Waals surface area contributed by atoms with Gasteiger partial charge in [0.2, 0.25) is 5.88 Å². The van der Waals surface area contributed by atoms with E-state index in [-0.39, 0.29) is 23.4 Å². The van der Waals surface area contributed by atoms with Gasteiger partial charge in [-0.3, -0.25) is 4.79 Å². The third-order valence-corrected chi connectivity index (χ3v) is 5.39. The molecule has 1 amide bonds. The summed E-state index contributed by atoms with van der Waals surface area (Å²) in [5, 5.41) is 7.68. The van der Waals surface area contributed by atoms with E-state index in [1.807, 2.05) is 50.2 Å². The first-order valence-electron chi connectivity index (χ1n) is 9.63. The second-order valence-electron chi connectivity index (χ2n) is 7.93. The van der Waals surface area contributed by atoms with Crippen molar-refractivity contribution in [3.05, 3.63) is 60.4 Å². The van der Waals surface area contributed by atoms with Gasteiger partial charge in [-0.25, -0.2) is 9.67 Å². The number of nitrogens with one attached hydrogen (secondary N) is 1. The second kappa shape index (κ2) is 7.33. The first-order valence-corrected chi connectivity index (χ1v) is 9.63. The van der Waals surface area contributed by atoms with E-state index >= 15 is 0 Å². The van der Waals surface area contributed by atoms with Crippen LogP contribution in [0.4, 0.5) is 0 Å². The molecule has 0 bridgehead atoms. The summed E-state index contributed by atoms with van der Waals surface area (Å²) in [4.78, 5) is 17.2. The highest BCUT2D eigenvalue weighted by atomic mass is 16.5. The van der Waals surface area contributed by atoms with Crippen LogP contribution < -0.4 is 15.8 Å². The normalized spacial score (nSPS) is 18.3. The maximum absolute atomic E-state index is 13.0. The average Bonchev–Trinajstić information content (AvgIpc) is 3.31. The molecule has 2 atom stereocenters. The molecule has 2 heterocycles. The third-order valence-electron chi connectivity index (χ3n) is 5.39. The Morgan fingerprint density at radius 2 is 1.97 bits per heavy atom. The topological polar surface area (TPSA) is 95.1 Å². The minimum absolute atomic E-state index is 0.146. The fourth-order valence-electron chi connectivity index (χ4n) is 3.62. The SMILES string of the molecule is COc1ccc(-n2nc(C(=O)NC(C)(C)C3CC3N)cc2-c2ccccc2)cn1. The van der Waals surface area contributed by atoms with Gasteiger partial charge in [-0.05, 0) is 38.3 Å². The molecule has 0 aliphatic heterocycles. The van der Waals surface area contributed by atoms with E-state index < -0.39 is 0 Å². The van der Waals surface area contributed by atoms with E-state index in [2.05, 4.69) is 15.4 Å². The van der Waals surface area contributed by atoms with Crippen LogP contribution in [0.15, 0.2) is 54.7 Å². The van der Waals surface area contributed by atoms with Gasteiger partial charge < -0.3 is 15.8 Å². The highest BCUT2D eigenvalue weighted by Gasteiger charge is 2.46. The average molecular weight is 391 g/mol. The maximum Gasteiger partial charge on any atom is 0.272 e. The summed E-state index contributed by atoms with van der Waals surface area (Å²) in [7, 11) is 1.57. The number of amides is 1. The molecule has 2 aromatic heterocycles. The van der Waals surface area contributed by atoms with Crippen molar-refractivity contribution >= 4 is 5.91 Å². The predicted molar refractivity (Wildman–Crippen MR) is 111 cm³/mol. The van der Waals surface area contributed by atoms with Gasteiger partial charge in [0.1, 0.15) is 0 Å². The summed E-state index contributed by atoms with van der Waals surface area (Å²) >= 11 is 0. The number of methoxy groups -OCH3 is 1. The fourth-order valence-corrected chi connectivity index (χ4v) is 3.62. The van der Waals surface area contributed by atoms with Gasteiger partial charge in [-0.15, -0.1) is 0 Å². The lowest BCUT2D eigenvalue weighted by atomic mass is 9.98. The third kappa shape index (κ3) is 3.86. The molecule has 1 aliphatic carbocycles. The number of carbonyl (C=O) groups is 1. The van der Waals surface area contributed by atoms with Crippen molar-refractivity contribution in [1.82, 2.24) is 20.1 Å². The smallest absolute Gasteiger partial charge is 0.272 e. The van der Waals surface area contributed by atoms with Gasteiger partial charge in [0, 0.05) is 23.2 Å². The Kier molecular flexibility index (Phi) is 4.84. The molecule has 1 aliphatic rings. The molecule has 2 unspecified atom stereocenters. The van der Waals surface area contributed by atoms with Crippen molar-refractivity contribution in [2.24, 2.45) is 11.7 Å². The molecule has 1 saturated carbocycles. The summed E-state index contributed by atoms with van der Waals surface area (Å²) in [6.07, 6.45) is 2.60. The molecule has 0 spiro atoms. The summed E-state index contributed by atoms with van der Waals surface area (Å²) in [5.74, 6) is 0.585. The minimum atomic E-state index is -0.380. The van der Waals surface area contributed by atoms with Gasteiger partial charge >= 0.3 is 0 Å². The first-order chi connectivity index (χ1) is 13.9. The largest absolute Gasteiger partial charge is 0.481 e. The minimum Gasteiger partial charge on any atom is -0.481 e. The quantitative estimate of drug-likeness (QED) is 0.674. The van der Waals surface area contributed by atoms with Gasteiger partial charge in [0.15, 0.2) is 5.69 Å². The highest BCUT2D eigenvalue weighted by molar-refractivity contribution is 5.94. The number of nitrogens with two attached hydrogens (primary N) is 1. The van der Waals surface area contributed by atoms with Crippen molar-refractivity contribution in [2.75, 3.05) is 7.11 Å². The number of nitrogens with zero attached hydrogens (tertiary/aromatic N) is 3. The number of hydrogen-bond acceptors (Lipinski definition) is 5. The van der Waals surface area contributed by atoms with Crippen LogP contribution in [0.1, 0.15) is 30.8 Å². The van der Waals surface area contributed by atoms with Crippen LogP contribution >= 0.6 is 0 Å². The van der Waals surface area contributed by atoms with Crippen LogP contribution in [0.25, 0.3) is 16.9 Å². The Bertz CT molecular complexity index is 1010. The number of hydrogen-bond donors (Lipinski definition) is 2. The molecule has 0 radical (unpaired) electrons. The number of benzene rings is 1. The molecule has 1 aromatic carbocycles. The summed E-state index contributed by atoms with van der Waals surface area (Å²) in [6, 6.07) is 15.4. The number of carbonyl (C=O) groups excluding carboxylic acids is 1. The maximum atomic E-state index is 13.0. The molecule has 150 valence electrons. The lowest BCUT2D eigenvalue weighted by Gasteiger charge is -2.26. The van der Waals surface area contributed by atoms with Crippen LogP contribution in [0.3, 0.4) is 0 Å². The zero-order valence-electron chi connectivity index (χ0n) is 16.8. The van der Waals surface area contributed by atoms with Crippen molar-refractivity contribution < 1.29 is 9.53 Å². The summed E-state index contributed by atoms with van der Waals surface area (Å²) in [6.45, 7) is 4.01. The lowest BCUT2D eigenvalue weighted by Crippen LogP contribution is -2.46. The molecule has 4 rings (SSSR count). The van der Waals surface area contributed by atoms with Crippen molar-refractivity contribution in [3.63, 3.8) is 0 Å². The molecule has 0 saturated heterocycles. The Labute approximate surface area is 169 Å². The van der Waals surface area contributed by atoms with Gasteiger partial charge in [0.05, 0.1) is 24.7 Å². The highest BCUT2D eigenvalue weighted by Crippen LogP contribution is 2.38. The Balaban J connectivity index is 1.70. The van der Waals surface area contributed by atoms with E-state index in [1.165, 1.54) is 0 Å². The molecule has 3 N–H and O–H groups in total. The number of aromatic nitrogens is 3. The van der Waals surface area contributed by atoms with E-state index in [0.29, 0.717) is 11.6 Å². The summed E-state index contributed by atoms with van der Waals surface area (Å²) < 4.78 is 6.87. The fraction of sp³-hybridized carbons (Fsp3) is 0.318. The van der Waals surface area contributed by atoms with E-state index in [0.717, 1.165) is 23.4 Å². The van der Waals surface area contributed by atoms with E-state index in [4.69, 9.17) is 10.5 Å². The van der Waals surface area contributed by atoms with Crippen LogP contribution in [-0.4, -0.2) is 39.4 Å². The molecular formula is C22H25N5O2. The standard InChI is InChI=1S/C22H25N5O2/c1-22(2,16-11-17(16)23)25-21(28)18-12-19(14-7-5-4-6-8-14)27(26-18)15-9-10-20(29-3)24-13-15/h4-10,12-13,16-17H,11,23H2,1-3H3,(H,25,28). The van der Waals surface area contributed by atoms with Crippen molar-refractivity contribution in [3.8, 4) is 22.8 Å². The van der Waals surface area contributed by atoms with Crippen LogP contribution in [0.2, 0.25) is 0 Å². The number of ether oxygens (including phenoxy) is 1. The van der Waals surface area contributed by atoms with Crippen LogP contribution in [-0.2, 0) is 0 Å². The molecule has 29 heavy (non-hydrogen) atoms. The Morgan fingerprint density at radius 1 is 1.24 bits per heavy atom. The molecule has 7 nitrogen and oxygen atoms in total. The monoisotopic (exact) mass is 391 g/mol. The number of pyridine rings is 1. The van der Waals surface area contributed by atoms with Gasteiger partial charge in [0.25, 0.3) is 5.91 Å². The Morgan fingerprint density at radius 3 is 2.55 bits per heavy atom. The zero-order chi connectivity index (χ0) is 20.6. The molecule has 3 aromatic rings. The van der Waals surface area contributed by atoms with Gasteiger partial charge in [-0.1, -0.05) is 30.3 Å². The Hall–Kier alpha value is -3.19. The molecule has 1 fully saturated rings. The molecule has 7 heteroatoms. The van der Waals surface area contributed by atoms with Crippen LogP contribution in [0.5, 0.6) is 5.88 Å². The first kappa shape index (κ1) is 19.1. The van der Waals surface area contributed by atoms with E-state index in [9.17, 15) is 4.79 Å². The van der Waals surface area contributed by atoms with Crippen molar-refractivity contribution in [2.45, 2.75) is 31.8 Å². The lowest BCUT2D eigenvalue weighted by molar-refractivity contribution is 0.0897.